The van der Waals surface area contributed by atoms with Crippen molar-refractivity contribution >= 4 is 17.5 Å². The van der Waals surface area contributed by atoms with Gasteiger partial charge in [0.15, 0.2) is 5.78 Å². The second-order valence-electron chi connectivity index (χ2n) is 4.91. The van der Waals surface area contributed by atoms with E-state index >= 15 is 0 Å². The molecule has 1 fully saturated rings. The fraction of sp³-hybridized carbons (Fsp3) is 0.500. The molecule has 0 aliphatic carbocycles. The van der Waals surface area contributed by atoms with E-state index in [2.05, 4.69) is 4.74 Å². The average Bonchev–Trinajstić information content (AvgIpc) is 2.40. The van der Waals surface area contributed by atoms with Crippen LogP contribution in [0.1, 0.15) is 5.56 Å². The molecule has 1 heterocycles. The van der Waals surface area contributed by atoms with Crippen molar-refractivity contribution < 1.29 is 22.7 Å². The molecule has 0 radical (unpaired) electrons. The van der Waals surface area contributed by atoms with E-state index in [0.717, 1.165) is 18.1 Å². The Bertz CT molecular complexity index is 490. The number of alkyl halides is 3. The molecule has 1 saturated heterocycles. The number of carbonyl (C=O) groups is 1. The first-order valence-corrected chi connectivity index (χ1v) is 7.66. The highest BCUT2D eigenvalue weighted by molar-refractivity contribution is 7.99. The van der Waals surface area contributed by atoms with Gasteiger partial charge in [-0.15, -0.1) is 13.2 Å². The van der Waals surface area contributed by atoms with E-state index in [-0.39, 0.29) is 24.0 Å². The Labute approximate surface area is 125 Å². The number of hydrogen-bond acceptors (Lipinski definition) is 4. The average molecular weight is 319 g/mol. The molecule has 0 spiro atoms. The maximum atomic E-state index is 12.2. The van der Waals surface area contributed by atoms with Gasteiger partial charge in [-0.3, -0.25) is 9.69 Å². The summed E-state index contributed by atoms with van der Waals surface area (Å²) in [7, 11) is 1.92. The minimum absolute atomic E-state index is 0.0918. The molecule has 0 aromatic heterocycles. The van der Waals surface area contributed by atoms with Crippen molar-refractivity contribution in [2.24, 2.45) is 0 Å². The molecule has 0 saturated carbocycles. The molecule has 1 aliphatic rings. The Morgan fingerprint density at radius 3 is 2.62 bits per heavy atom. The first-order chi connectivity index (χ1) is 9.85. The second-order valence-corrected chi connectivity index (χ2v) is 6.06. The van der Waals surface area contributed by atoms with E-state index in [1.807, 2.05) is 11.9 Å². The Hall–Kier alpha value is -1.21. The first kappa shape index (κ1) is 16.2. The van der Waals surface area contributed by atoms with Gasteiger partial charge in [0.1, 0.15) is 5.75 Å². The van der Waals surface area contributed by atoms with E-state index in [4.69, 9.17) is 0 Å². The van der Waals surface area contributed by atoms with Gasteiger partial charge in [-0.05, 0) is 24.7 Å². The van der Waals surface area contributed by atoms with Crippen molar-refractivity contribution in [3.8, 4) is 5.75 Å². The number of benzene rings is 1. The largest absolute Gasteiger partial charge is 0.573 e. The lowest BCUT2D eigenvalue weighted by atomic mass is 10.0. The van der Waals surface area contributed by atoms with Crippen molar-refractivity contribution in [2.45, 2.75) is 18.8 Å². The van der Waals surface area contributed by atoms with Crippen molar-refractivity contribution in [1.29, 1.82) is 0 Å². The van der Waals surface area contributed by atoms with Gasteiger partial charge in [-0.1, -0.05) is 12.1 Å². The van der Waals surface area contributed by atoms with Crippen LogP contribution in [0.4, 0.5) is 13.2 Å². The molecule has 0 bridgehead atoms. The highest BCUT2D eigenvalue weighted by Gasteiger charge is 2.31. The molecule has 1 aromatic rings. The highest BCUT2D eigenvalue weighted by atomic mass is 32.2. The molecule has 21 heavy (non-hydrogen) atoms. The first-order valence-electron chi connectivity index (χ1n) is 6.50. The number of likely N-dealkylation sites (N-methyl/N-ethyl adjacent to an activating group) is 1. The fourth-order valence-electron chi connectivity index (χ4n) is 2.15. The summed E-state index contributed by atoms with van der Waals surface area (Å²) >= 11 is 1.75. The molecular weight excluding hydrogens is 303 g/mol. The quantitative estimate of drug-likeness (QED) is 0.853. The van der Waals surface area contributed by atoms with E-state index in [9.17, 15) is 18.0 Å². The summed E-state index contributed by atoms with van der Waals surface area (Å²) in [6.07, 6.45) is -4.47. The van der Waals surface area contributed by atoms with Gasteiger partial charge in [-0.25, -0.2) is 0 Å². The molecular formula is C14H16F3NO2S. The monoisotopic (exact) mass is 319 g/mol. The summed E-state index contributed by atoms with van der Waals surface area (Å²) in [4.78, 5) is 14.3. The minimum Gasteiger partial charge on any atom is -0.406 e. The molecule has 7 heteroatoms. The van der Waals surface area contributed by atoms with E-state index in [0.29, 0.717) is 5.56 Å². The molecule has 0 N–H and O–H groups in total. The number of ketones is 1. The lowest BCUT2D eigenvalue weighted by Crippen LogP contribution is -2.45. The Morgan fingerprint density at radius 2 is 2.05 bits per heavy atom. The highest BCUT2D eigenvalue weighted by Crippen LogP contribution is 2.23. The van der Waals surface area contributed by atoms with Crippen LogP contribution in [0, 0.1) is 0 Å². The fourth-order valence-corrected chi connectivity index (χ4v) is 3.40. The molecule has 116 valence electrons. The van der Waals surface area contributed by atoms with Gasteiger partial charge in [0.2, 0.25) is 0 Å². The van der Waals surface area contributed by atoms with Crippen molar-refractivity contribution in [2.75, 3.05) is 25.1 Å². The molecule has 3 nitrogen and oxygen atoms in total. The Balaban J connectivity index is 1.95. The SMILES string of the molecule is CN1CCSCC1C(=O)Cc1ccc(OC(F)(F)F)cc1. The second kappa shape index (κ2) is 6.70. The Kier molecular flexibility index (Phi) is 5.16. The minimum atomic E-state index is -4.70. The van der Waals surface area contributed by atoms with Crippen LogP contribution < -0.4 is 4.74 Å². The number of halogens is 3. The van der Waals surface area contributed by atoms with Crippen molar-refractivity contribution in [3.63, 3.8) is 0 Å². The van der Waals surface area contributed by atoms with E-state index in [1.165, 1.54) is 24.3 Å². The summed E-state index contributed by atoms with van der Waals surface area (Å²) < 4.78 is 40.0. The zero-order valence-electron chi connectivity index (χ0n) is 11.5. The predicted octanol–water partition coefficient (Wildman–Crippen LogP) is 2.74. The smallest absolute Gasteiger partial charge is 0.406 e. The number of rotatable bonds is 4. The van der Waals surface area contributed by atoms with E-state index in [1.54, 1.807) is 11.8 Å². The van der Waals surface area contributed by atoms with Crippen LogP contribution in [0.3, 0.4) is 0 Å². The maximum absolute atomic E-state index is 12.2. The van der Waals surface area contributed by atoms with Crippen LogP contribution in [-0.2, 0) is 11.2 Å². The zero-order valence-corrected chi connectivity index (χ0v) is 12.3. The summed E-state index contributed by atoms with van der Waals surface area (Å²) in [6, 6.07) is 5.34. The lowest BCUT2D eigenvalue weighted by Gasteiger charge is -2.30. The van der Waals surface area contributed by atoms with Gasteiger partial charge >= 0.3 is 6.36 Å². The van der Waals surface area contributed by atoms with Crippen LogP contribution in [0.15, 0.2) is 24.3 Å². The topological polar surface area (TPSA) is 29.5 Å². The summed E-state index contributed by atoms with van der Waals surface area (Å²) in [5.41, 5.74) is 0.693. The maximum Gasteiger partial charge on any atom is 0.573 e. The number of ether oxygens (including phenoxy) is 1. The summed E-state index contributed by atoms with van der Waals surface area (Å²) in [5.74, 6) is 1.60. The Morgan fingerprint density at radius 1 is 1.38 bits per heavy atom. The number of thioether (sulfide) groups is 1. The molecule has 0 amide bonds. The number of hydrogen-bond donors (Lipinski definition) is 0. The number of nitrogens with zero attached hydrogens (tertiary/aromatic N) is 1. The lowest BCUT2D eigenvalue weighted by molar-refractivity contribution is -0.274. The van der Waals surface area contributed by atoms with Crippen LogP contribution in [0.2, 0.25) is 0 Å². The zero-order chi connectivity index (χ0) is 15.5. The molecule has 1 unspecified atom stereocenters. The molecule has 1 atom stereocenters. The summed E-state index contributed by atoms with van der Waals surface area (Å²) in [6.45, 7) is 0.874. The third-order valence-corrected chi connectivity index (χ3v) is 4.33. The van der Waals surface area contributed by atoms with Crippen LogP contribution in [-0.4, -0.2) is 48.2 Å². The van der Waals surface area contributed by atoms with Gasteiger partial charge < -0.3 is 4.74 Å². The number of Topliss-reactive ketones (excluding diaryl/α,β-unsaturated/α-hetero) is 1. The third-order valence-electron chi connectivity index (χ3n) is 3.30. The standard InChI is InChI=1S/C14H16F3NO2S/c1-18-6-7-21-9-12(18)13(19)8-10-2-4-11(5-3-10)20-14(15,16)17/h2-5,12H,6-9H2,1H3. The molecule has 2 rings (SSSR count). The van der Waals surface area contributed by atoms with E-state index < -0.39 is 6.36 Å². The summed E-state index contributed by atoms with van der Waals surface area (Å²) in [5, 5.41) is 0. The predicted molar refractivity (Wildman–Crippen MR) is 75.6 cm³/mol. The van der Waals surface area contributed by atoms with Gasteiger partial charge in [0.05, 0.1) is 6.04 Å². The molecule has 1 aliphatic heterocycles. The van der Waals surface area contributed by atoms with Crippen LogP contribution >= 0.6 is 11.8 Å². The molecule has 1 aromatic carbocycles. The van der Waals surface area contributed by atoms with Gasteiger partial charge in [-0.2, -0.15) is 11.8 Å². The van der Waals surface area contributed by atoms with Crippen molar-refractivity contribution in [3.05, 3.63) is 29.8 Å². The van der Waals surface area contributed by atoms with Crippen molar-refractivity contribution in [1.82, 2.24) is 4.90 Å². The van der Waals surface area contributed by atoms with Gasteiger partial charge in [0, 0.05) is 24.5 Å². The number of carbonyl (C=O) groups excluding carboxylic acids is 1. The van der Waals surface area contributed by atoms with Gasteiger partial charge in [0.25, 0.3) is 0 Å². The normalized spacial score (nSPS) is 20.3. The van der Waals surface area contributed by atoms with Crippen LogP contribution in [0.25, 0.3) is 0 Å². The van der Waals surface area contributed by atoms with Crippen LogP contribution in [0.5, 0.6) is 5.75 Å². The third kappa shape index (κ3) is 4.93.